The van der Waals surface area contributed by atoms with Gasteiger partial charge in [-0.15, -0.1) is 0 Å². The number of hydrogen-bond acceptors (Lipinski definition) is 2. The maximum Gasteiger partial charge on any atom is 0.131 e. The van der Waals surface area contributed by atoms with E-state index < -0.39 is 0 Å². The molecule has 0 aromatic heterocycles. The highest BCUT2D eigenvalue weighted by molar-refractivity contribution is 6.30. The van der Waals surface area contributed by atoms with E-state index in [1.807, 2.05) is 20.8 Å². The molecule has 0 saturated carbocycles. The van der Waals surface area contributed by atoms with Crippen molar-refractivity contribution in [2.75, 3.05) is 7.05 Å². The number of halogens is 2. The van der Waals surface area contributed by atoms with Gasteiger partial charge in [0, 0.05) is 17.6 Å². The normalized spacial score (nSPS) is 14.3. The SMILES string of the molecule is CC/C(C)=C(/C=C(/N)C(C)=NC)c1cc(Cl)ccc1F. The highest BCUT2D eigenvalue weighted by atomic mass is 35.5. The van der Waals surface area contributed by atoms with Crippen LogP contribution in [0.4, 0.5) is 4.39 Å². The third-order valence-corrected chi connectivity index (χ3v) is 3.50. The Balaban J connectivity index is 3.47. The summed E-state index contributed by atoms with van der Waals surface area (Å²) in [7, 11) is 1.67. The zero-order chi connectivity index (χ0) is 15.3. The Labute approximate surface area is 124 Å². The molecular weight excluding hydrogens is 275 g/mol. The van der Waals surface area contributed by atoms with Gasteiger partial charge in [-0.2, -0.15) is 0 Å². The number of aliphatic imine (C=N–C) groups is 1. The van der Waals surface area contributed by atoms with E-state index in [4.69, 9.17) is 17.3 Å². The van der Waals surface area contributed by atoms with Gasteiger partial charge in [0.2, 0.25) is 0 Å². The van der Waals surface area contributed by atoms with Crippen molar-refractivity contribution in [1.82, 2.24) is 0 Å². The van der Waals surface area contributed by atoms with Crippen LogP contribution >= 0.6 is 11.6 Å². The summed E-state index contributed by atoms with van der Waals surface area (Å²) in [5.41, 5.74) is 9.49. The lowest BCUT2D eigenvalue weighted by Crippen LogP contribution is -2.08. The quantitative estimate of drug-likeness (QED) is 0.640. The first kappa shape index (κ1) is 16.4. The van der Waals surface area contributed by atoms with Crippen LogP contribution in [0.5, 0.6) is 0 Å². The first-order valence-corrected chi connectivity index (χ1v) is 6.84. The molecule has 1 rings (SSSR count). The molecule has 2 N–H and O–H groups in total. The second-order valence-electron chi connectivity index (χ2n) is 4.58. The average molecular weight is 295 g/mol. The van der Waals surface area contributed by atoms with E-state index in [-0.39, 0.29) is 5.82 Å². The minimum atomic E-state index is -0.313. The third kappa shape index (κ3) is 3.94. The molecule has 4 heteroatoms. The van der Waals surface area contributed by atoms with Gasteiger partial charge in [0.25, 0.3) is 0 Å². The van der Waals surface area contributed by atoms with Gasteiger partial charge in [-0.3, -0.25) is 4.99 Å². The van der Waals surface area contributed by atoms with Crippen LogP contribution in [-0.4, -0.2) is 12.8 Å². The Morgan fingerprint density at radius 1 is 1.40 bits per heavy atom. The van der Waals surface area contributed by atoms with Crippen LogP contribution in [0.15, 0.2) is 40.5 Å². The summed E-state index contributed by atoms with van der Waals surface area (Å²) in [6.45, 7) is 5.79. The summed E-state index contributed by atoms with van der Waals surface area (Å²) in [6, 6.07) is 4.52. The van der Waals surface area contributed by atoms with E-state index in [1.54, 1.807) is 19.2 Å². The molecular formula is C16H20ClFN2. The maximum atomic E-state index is 14.1. The third-order valence-electron chi connectivity index (χ3n) is 3.26. The van der Waals surface area contributed by atoms with Crippen LogP contribution in [-0.2, 0) is 0 Å². The Morgan fingerprint density at radius 2 is 2.05 bits per heavy atom. The summed E-state index contributed by atoms with van der Waals surface area (Å²) >= 11 is 5.97. The molecule has 0 aliphatic heterocycles. The molecule has 1 aromatic carbocycles. The lowest BCUT2D eigenvalue weighted by molar-refractivity contribution is 0.624. The fourth-order valence-electron chi connectivity index (χ4n) is 1.71. The van der Waals surface area contributed by atoms with Gasteiger partial charge in [0.15, 0.2) is 0 Å². The minimum absolute atomic E-state index is 0.313. The van der Waals surface area contributed by atoms with Crippen LogP contribution in [0.2, 0.25) is 5.02 Å². The largest absolute Gasteiger partial charge is 0.397 e. The van der Waals surface area contributed by atoms with Gasteiger partial charge in [0.05, 0.1) is 11.4 Å². The van der Waals surface area contributed by atoms with Crippen LogP contribution in [0.25, 0.3) is 5.57 Å². The van der Waals surface area contributed by atoms with Crippen molar-refractivity contribution in [1.29, 1.82) is 0 Å². The molecule has 108 valence electrons. The molecule has 0 saturated heterocycles. The predicted octanol–water partition coefficient (Wildman–Crippen LogP) is 4.60. The van der Waals surface area contributed by atoms with Gasteiger partial charge < -0.3 is 5.73 Å². The zero-order valence-corrected chi connectivity index (χ0v) is 13.1. The average Bonchev–Trinajstić information content (AvgIpc) is 2.45. The molecule has 1 aromatic rings. The van der Waals surface area contributed by atoms with Crippen molar-refractivity contribution in [2.24, 2.45) is 10.7 Å². The molecule has 0 atom stereocenters. The van der Waals surface area contributed by atoms with Gasteiger partial charge in [-0.1, -0.05) is 24.1 Å². The Kier molecular flexibility index (Phi) is 5.96. The zero-order valence-electron chi connectivity index (χ0n) is 12.3. The van der Waals surface area contributed by atoms with E-state index in [1.165, 1.54) is 12.1 Å². The second-order valence-corrected chi connectivity index (χ2v) is 5.02. The first-order valence-electron chi connectivity index (χ1n) is 6.46. The van der Waals surface area contributed by atoms with E-state index in [9.17, 15) is 4.39 Å². The summed E-state index contributed by atoms with van der Waals surface area (Å²) in [4.78, 5) is 4.04. The molecule has 0 fully saturated rings. The molecule has 0 heterocycles. The first-order chi connectivity index (χ1) is 9.40. The van der Waals surface area contributed by atoms with Crippen LogP contribution < -0.4 is 5.73 Å². The number of nitrogens with two attached hydrogens (primary N) is 1. The van der Waals surface area contributed by atoms with Crippen molar-refractivity contribution in [3.8, 4) is 0 Å². The van der Waals surface area contributed by atoms with Crippen molar-refractivity contribution in [2.45, 2.75) is 27.2 Å². The lowest BCUT2D eigenvalue weighted by Gasteiger charge is -2.11. The van der Waals surface area contributed by atoms with Crippen LogP contribution in [0.3, 0.4) is 0 Å². The number of benzene rings is 1. The highest BCUT2D eigenvalue weighted by Crippen LogP contribution is 2.27. The molecule has 0 aliphatic carbocycles. The van der Waals surface area contributed by atoms with Gasteiger partial charge in [-0.05, 0) is 50.1 Å². The number of rotatable bonds is 4. The second kappa shape index (κ2) is 7.25. The topological polar surface area (TPSA) is 38.4 Å². The fourth-order valence-corrected chi connectivity index (χ4v) is 1.89. The monoisotopic (exact) mass is 294 g/mol. The summed E-state index contributed by atoms with van der Waals surface area (Å²) in [6.07, 6.45) is 2.56. The minimum Gasteiger partial charge on any atom is -0.397 e. The molecule has 2 nitrogen and oxygen atoms in total. The predicted molar refractivity (Wildman–Crippen MR) is 85.6 cm³/mol. The molecule has 0 amide bonds. The highest BCUT2D eigenvalue weighted by Gasteiger charge is 2.11. The van der Waals surface area contributed by atoms with Gasteiger partial charge >= 0.3 is 0 Å². The van der Waals surface area contributed by atoms with Crippen molar-refractivity contribution in [3.05, 3.63) is 51.9 Å². The number of allylic oxidation sites excluding steroid dienone is 4. The molecule has 0 unspecified atom stereocenters. The smallest absolute Gasteiger partial charge is 0.131 e. The molecule has 0 bridgehead atoms. The molecule has 0 aliphatic rings. The summed E-state index contributed by atoms with van der Waals surface area (Å²) < 4.78 is 14.1. The molecule has 0 radical (unpaired) electrons. The van der Waals surface area contributed by atoms with E-state index >= 15 is 0 Å². The fraction of sp³-hybridized carbons (Fsp3) is 0.312. The number of hydrogen-bond donors (Lipinski definition) is 1. The molecule has 20 heavy (non-hydrogen) atoms. The Hall–Kier alpha value is -1.61. The van der Waals surface area contributed by atoms with Gasteiger partial charge in [0.1, 0.15) is 5.82 Å². The van der Waals surface area contributed by atoms with Crippen molar-refractivity contribution in [3.63, 3.8) is 0 Å². The molecule has 0 spiro atoms. The van der Waals surface area contributed by atoms with E-state index in [0.29, 0.717) is 22.0 Å². The summed E-state index contributed by atoms with van der Waals surface area (Å²) in [5.74, 6) is -0.313. The van der Waals surface area contributed by atoms with Crippen LogP contribution in [0, 0.1) is 5.82 Å². The van der Waals surface area contributed by atoms with Crippen LogP contribution in [0.1, 0.15) is 32.8 Å². The number of nitrogens with zero attached hydrogens (tertiary/aromatic N) is 1. The lowest BCUT2D eigenvalue weighted by atomic mass is 9.97. The standard InChI is InChI=1S/C16H20ClFN2/c1-5-10(2)13(9-16(19)11(3)20-4)14-8-12(17)6-7-15(14)18/h6-9H,5,19H2,1-4H3/b13-10-,16-9+,20-11?. The Bertz CT molecular complexity index is 586. The van der Waals surface area contributed by atoms with Crippen molar-refractivity contribution < 1.29 is 4.39 Å². The maximum absolute atomic E-state index is 14.1. The Morgan fingerprint density at radius 3 is 2.60 bits per heavy atom. The van der Waals surface area contributed by atoms with E-state index in [0.717, 1.165) is 17.6 Å². The van der Waals surface area contributed by atoms with Crippen molar-refractivity contribution >= 4 is 22.9 Å². The summed E-state index contributed by atoms with van der Waals surface area (Å²) in [5, 5.41) is 0.496. The van der Waals surface area contributed by atoms with Gasteiger partial charge in [-0.25, -0.2) is 4.39 Å². The van der Waals surface area contributed by atoms with E-state index in [2.05, 4.69) is 4.99 Å².